The van der Waals surface area contributed by atoms with E-state index < -0.39 is 0 Å². The van der Waals surface area contributed by atoms with Crippen LogP contribution in [-0.2, 0) is 0 Å². The third-order valence-electron chi connectivity index (χ3n) is 2.30. The number of hydrogen-bond acceptors (Lipinski definition) is 3. The van der Waals surface area contributed by atoms with Crippen molar-refractivity contribution in [2.75, 3.05) is 19.7 Å². The van der Waals surface area contributed by atoms with Gasteiger partial charge in [0, 0.05) is 30.8 Å². The van der Waals surface area contributed by atoms with Gasteiger partial charge in [0.25, 0.3) is 0 Å². The van der Waals surface area contributed by atoms with E-state index >= 15 is 0 Å². The molecule has 0 amide bonds. The van der Waals surface area contributed by atoms with E-state index in [0.717, 1.165) is 19.0 Å². The molecule has 13 heavy (non-hydrogen) atoms. The molecule has 3 nitrogen and oxygen atoms in total. The summed E-state index contributed by atoms with van der Waals surface area (Å²) in [5.74, 6) is 1.40. The highest BCUT2D eigenvalue weighted by Gasteiger charge is 2.22. The zero-order chi connectivity index (χ0) is 9.10. The van der Waals surface area contributed by atoms with Crippen LogP contribution in [0.4, 0.5) is 0 Å². The van der Waals surface area contributed by atoms with E-state index in [1.165, 1.54) is 5.56 Å². The molecule has 1 N–H and O–H groups in total. The summed E-state index contributed by atoms with van der Waals surface area (Å²) in [6.07, 6.45) is 1.78. The number of hydrogen-bond donors (Lipinski definition) is 1. The summed E-state index contributed by atoms with van der Waals surface area (Å²) in [5.41, 5.74) is 1.24. The molecule has 1 aromatic rings. The number of pyridine rings is 1. The number of nitrogens with one attached hydrogen (secondary N) is 1. The lowest BCUT2D eigenvalue weighted by Gasteiger charge is -2.28. The van der Waals surface area contributed by atoms with Gasteiger partial charge in [-0.3, -0.25) is 0 Å². The summed E-state index contributed by atoms with van der Waals surface area (Å²) in [6.45, 7) is 4.76. The maximum Gasteiger partial charge on any atom is 0.216 e. The van der Waals surface area contributed by atoms with Crippen LogP contribution in [0.3, 0.4) is 0 Å². The quantitative estimate of drug-likeness (QED) is 0.754. The van der Waals surface area contributed by atoms with Crippen LogP contribution in [0.25, 0.3) is 0 Å². The second-order valence-corrected chi connectivity index (χ2v) is 3.19. The lowest BCUT2D eigenvalue weighted by atomic mass is 9.95. The van der Waals surface area contributed by atoms with Crippen LogP contribution in [0.15, 0.2) is 18.3 Å². The van der Waals surface area contributed by atoms with Crippen molar-refractivity contribution in [1.82, 2.24) is 10.3 Å². The Hall–Kier alpha value is -1.09. The first-order valence-electron chi connectivity index (χ1n) is 4.70. The Labute approximate surface area is 78.1 Å². The summed E-state index contributed by atoms with van der Waals surface area (Å²) in [6, 6.07) is 4.07. The SMILES string of the molecule is CCOc1ncccc1C1CNC1. The standard InChI is InChI=1S/C10H14N2O/c1-2-13-10-9(4-3-5-12-10)8-6-11-7-8/h3-5,8,11H,2,6-7H2,1H3. The van der Waals surface area contributed by atoms with Crippen LogP contribution in [0.2, 0.25) is 0 Å². The van der Waals surface area contributed by atoms with Crippen LogP contribution >= 0.6 is 0 Å². The molecule has 0 atom stereocenters. The molecule has 1 aliphatic heterocycles. The van der Waals surface area contributed by atoms with E-state index in [9.17, 15) is 0 Å². The largest absolute Gasteiger partial charge is 0.478 e. The maximum absolute atomic E-state index is 5.45. The van der Waals surface area contributed by atoms with Gasteiger partial charge in [-0.15, -0.1) is 0 Å². The van der Waals surface area contributed by atoms with E-state index in [2.05, 4.69) is 16.4 Å². The van der Waals surface area contributed by atoms with Crippen molar-refractivity contribution < 1.29 is 4.74 Å². The summed E-state index contributed by atoms with van der Waals surface area (Å²) in [4.78, 5) is 4.22. The van der Waals surface area contributed by atoms with Crippen LogP contribution in [0.1, 0.15) is 18.4 Å². The van der Waals surface area contributed by atoms with Crippen LogP contribution in [-0.4, -0.2) is 24.7 Å². The molecule has 0 aliphatic carbocycles. The van der Waals surface area contributed by atoms with Crippen molar-refractivity contribution in [3.05, 3.63) is 23.9 Å². The molecule has 0 aromatic carbocycles. The van der Waals surface area contributed by atoms with Gasteiger partial charge in [0.1, 0.15) is 0 Å². The zero-order valence-corrected chi connectivity index (χ0v) is 7.79. The fraction of sp³-hybridized carbons (Fsp3) is 0.500. The molecule has 3 heteroatoms. The van der Waals surface area contributed by atoms with Gasteiger partial charge in [0.05, 0.1) is 6.61 Å². The Morgan fingerprint density at radius 3 is 3.08 bits per heavy atom. The van der Waals surface area contributed by atoms with Gasteiger partial charge in [-0.1, -0.05) is 6.07 Å². The van der Waals surface area contributed by atoms with Crippen LogP contribution in [0, 0.1) is 0 Å². The van der Waals surface area contributed by atoms with Crippen molar-refractivity contribution in [1.29, 1.82) is 0 Å². The average molecular weight is 178 g/mol. The molecule has 1 saturated heterocycles. The Morgan fingerprint density at radius 1 is 1.62 bits per heavy atom. The predicted octanol–water partition coefficient (Wildman–Crippen LogP) is 1.17. The van der Waals surface area contributed by atoms with Crippen molar-refractivity contribution in [3.63, 3.8) is 0 Å². The van der Waals surface area contributed by atoms with Crippen LogP contribution < -0.4 is 10.1 Å². The third-order valence-corrected chi connectivity index (χ3v) is 2.30. The molecule has 1 aromatic heterocycles. The van der Waals surface area contributed by atoms with Gasteiger partial charge < -0.3 is 10.1 Å². The van der Waals surface area contributed by atoms with E-state index in [-0.39, 0.29) is 0 Å². The normalized spacial score (nSPS) is 16.7. The minimum absolute atomic E-state index is 0.593. The van der Waals surface area contributed by atoms with E-state index in [1.54, 1.807) is 6.20 Å². The molecule has 0 bridgehead atoms. The van der Waals surface area contributed by atoms with Crippen molar-refractivity contribution in [3.8, 4) is 5.88 Å². The Bertz CT molecular complexity index is 284. The minimum Gasteiger partial charge on any atom is -0.478 e. The van der Waals surface area contributed by atoms with Crippen LogP contribution in [0.5, 0.6) is 5.88 Å². The van der Waals surface area contributed by atoms with E-state index in [4.69, 9.17) is 4.74 Å². The zero-order valence-electron chi connectivity index (χ0n) is 7.79. The summed E-state index contributed by atoms with van der Waals surface area (Å²) in [7, 11) is 0. The minimum atomic E-state index is 0.593. The van der Waals surface area contributed by atoms with Crippen molar-refractivity contribution >= 4 is 0 Å². The number of aromatic nitrogens is 1. The number of rotatable bonds is 3. The first kappa shape index (κ1) is 8.51. The summed E-state index contributed by atoms with van der Waals surface area (Å²) in [5, 5.41) is 3.25. The molecule has 0 radical (unpaired) electrons. The lowest BCUT2D eigenvalue weighted by Crippen LogP contribution is -2.40. The van der Waals surface area contributed by atoms with Gasteiger partial charge in [0.2, 0.25) is 5.88 Å². The molecule has 0 saturated carbocycles. The molecule has 0 spiro atoms. The highest BCUT2D eigenvalue weighted by Crippen LogP contribution is 2.26. The molecular weight excluding hydrogens is 164 g/mol. The third kappa shape index (κ3) is 1.65. The smallest absolute Gasteiger partial charge is 0.216 e. The second kappa shape index (κ2) is 3.75. The Morgan fingerprint density at radius 2 is 2.46 bits per heavy atom. The first-order valence-corrected chi connectivity index (χ1v) is 4.70. The van der Waals surface area contributed by atoms with Gasteiger partial charge >= 0.3 is 0 Å². The fourth-order valence-electron chi connectivity index (χ4n) is 1.48. The van der Waals surface area contributed by atoms with E-state index in [1.807, 2.05) is 13.0 Å². The molecule has 70 valence electrons. The van der Waals surface area contributed by atoms with E-state index in [0.29, 0.717) is 12.5 Å². The average Bonchev–Trinajstić information content (AvgIpc) is 2.05. The summed E-state index contributed by atoms with van der Waals surface area (Å²) < 4.78 is 5.45. The monoisotopic (exact) mass is 178 g/mol. The summed E-state index contributed by atoms with van der Waals surface area (Å²) >= 11 is 0. The first-order chi connectivity index (χ1) is 6.42. The fourth-order valence-corrected chi connectivity index (χ4v) is 1.48. The molecule has 1 aliphatic rings. The maximum atomic E-state index is 5.45. The van der Waals surface area contributed by atoms with Gasteiger partial charge in [0.15, 0.2) is 0 Å². The highest BCUT2D eigenvalue weighted by atomic mass is 16.5. The lowest BCUT2D eigenvalue weighted by molar-refractivity contribution is 0.314. The topological polar surface area (TPSA) is 34.1 Å². The molecular formula is C10H14N2O. The molecule has 2 rings (SSSR count). The second-order valence-electron chi connectivity index (χ2n) is 3.19. The van der Waals surface area contributed by atoms with Gasteiger partial charge in [-0.2, -0.15) is 0 Å². The van der Waals surface area contributed by atoms with Crippen molar-refractivity contribution in [2.24, 2.45) is 0 Å². The molecule has 1 fully saturated rings. The number of ether oxygens (including phenoxy) is 1. The number of nitrogens with zero attached hydrogens (tertiary/aromatic N) is 1. The van der Waals surface area contributed by atoms with Gasteiger partial charge in [-0.25, -0.2) is 4.98 Å². The molecule has 0 unspecified atom stereocenters. The predicted molar refractivity (Wildman–Crippen MR) is 51.0 cm³/mol. The van der Waals surface area contributed by atoms with Crippen molar-refractivity contribution in [2.45, 2.75) is 12.8 Å². The Balaban J connectivity index is 2.20. The Kier molecular flexibility index (Phi) is 2.45. The molecule has 2 heterocycles. The highest BCUT2D eigenvalue weighted by molar-refractivity contribution is 5.31. The van der Waals surface area contributed by atoms with Gasteiger partial charge in [-0.05, 0) is 13.0 Å².